The number of aldehydes is 1. The first-order valence-corrected chi connectivity index (χ1v) is 4.17. The van der Waals surface area contributed by atoms with Gasteiger partial charge in [-0.15, -0.1) is 0 Å². The second-order valence-electron chi connectivity index (χ2n) is 2.22. The van der Waals surface area contributed by atoms with Crippen molar-refractivity contribution in [3.05, 3.63) is 0 Å². The minimum absolute atomic E-state index is 0.0269. The molecule has 0 aromatic heterocycles. The largest absolute Gasteiger partial charge is 0.379 e. The summed E-state index contributed by atoms with van der Waals surface area (Å²) < 4.78 is 9.93. The molecule has 0 heterocycles. The maximum absolute atomic E-state index is 10.8. The van der Waals surface area contributed by atoms with Gasteiger partial charge in [0.2, 0.25) is 5.91 Å². The maximum atomic E-state index is 10.8. The SMILES string of the molecule is CCOCCOCC(=O)NCC=O. The van der Waals surface area contributed by atoms with Crippen LogP contribution in [-0.4, -0.2) is 45.2 Å². The summed E-state index contributed by atoms with van der Waals surface area (Å²) in [6.45, 7) is 3.41. The molecule has 0 saturated heterocycles. The summed E-state index contributed by atoms with van der Waals surface area (Å²) in [7, 11) is 0. The molecule has 5 nitrogen and oxygen atoms in total. The summed E-state index contributed by atoms with van der Waals surface area (Å²) in [6.07, 6.45) is 0.623. The lowest BCUT2D eigenvalue weighted by Crippen LogP contribution is -2.29. The van der Waals surface area contributed by atoms with Crippen molar-refractivity contribution in [2.45, 2.75) is 6.92 Å². The van der Waals surface area contributed by atoms with Crippen molar-refractivity contribution < 1.29 is 19.1 Å². The van der Waals surface area contributed by atoms with E-state index in [1.165, 1.54) is 0 Å². The molecule has 0 aliphatic carbocycles. The molecular formula is C8H15NO4. The van der Waals surface area contributed by atoms with Gasteiger partial charge in [-0.05, 0) is 6.92 Å². The zero-order chi connectivity index (χ0) is 9.94. The van der Waals surface area contributed by atoms with E-state index in [9.17, 15) is 9.59 Å². The Morgan fingerprint density at radius 3 is 2.69 bits per heavy atom. The number of carbonyl (C=O) groups excluding carboxylic acids is 2. The van der Waals surface area contributed by atoms with E-state index < -0.39 is 0 Å². The second kappa shape index (κ2) is 9.15. The molecule has 0 aliphatic heterocycles. The molecule has 76 valence electrons. The van der Waals surface area contributed by atoms with E-state index in [0.29, 0.717) is 26.1 Å². The van der Waals surface area contributed by atoms with E-state index >= 15 is 0 Å². The van der Waals surface area contributed by atoms with Gasteiger partial charge in [0.25, 0.3) is 0 Å². The van der Waals surface area contributed by atoms with Crippen LogP contribution in [-0.2, 0) is 19.1 Å². The fourth-order valence-corrected chi connectivity index (χ4v) is 0.634. The summed E-state index contributed by atoms with van der Waals surface area (Å²) in [5.74, 6) is -0.288. The smallest absolute Gasteiger partial charge is 0.246 e. The van der Waals surface area contributed by atoms with E-state index in [4.69, 9.17) is 9.47 Å². The fourth-order valence-electron chi connectivity index (χ4n) is 0.634. The van der Waals surface area contributed by atoms with Crippen LogP contribution < -0.4 is 5.32 Å². The first-order valence-electron chi connectivity index (χ1n) is 4.17. The number of amides is 1. The average Bonchev–Trinajstić information content (AvgIpc) is 2.14. The highest BCUT2D eigenvalue weighted by atomic mass is 16.5. The first-order chi connectivity index (χ1) is 6.31. The molecule has 0 aromatic rings. The number of nitrogens with one attached hydrogen (secondary N) is 1. The standard InChI is InChI=1S/C8H15NO4/c1-2-12-5-6-13-7-8(11)9-3-4-10/h4H,2-3,5-7H2,1H3,(H,9,11). The number of hydrogen-bond donors (Lipinski definition) is 1. The van der Waals surface area contributed by atoms with E-state index in [2.05, 4.69) is 5.32 Å². The number of carbonyl (C=O) groups is 2. The predicted molar refractivity (Wildman–Crippen MR) is 46.4 cm³/mol. The van der Waals surface area contributed by atoms with Crippen LogP contribution in [0.25, 0.3) is 0 Å². The van der Waals surface area contributed by atoms with Crippen LogP contribution in [0.5, 0.6) is 0 Å². The molecule has 5 heteroatoms. The van der Waals surface area contributed by atoms with Crippen LogP contribution in [0.2, 0.25) is 0 Å². The monoisotopic (exact) mass is 189 g/mol. The highest BCUT2D eigenvalue weighted by molar-refractivity contribution is 5.79. The zero-order valence-electron chi connectivity index (χ0n) is 7.75. The summed E-state index contributed by atoms with van der Waals surface area (Å²) in [4.78, 5) is 20.6. The van der Waals surface area contributed by atoms with Crippen molar-refractivity contribution in [1.82, 2.24) is 5.32 Å². The average molecular weight is 189 g/mol. The molecule has 0 aromatic carbocycles. The maximum Gasteiger partial charge on any atom is 0.246 e. The Bertz CT molecular complexity index is 149. The van der Waals surface area contributed by atoms with Crippen LogP contribution in [0.3, 0.4) is 0 Å². The molecule has 0 aliphatic rings. The third kappa shape index (κ3) is 8.97. The summed E-state index contributed by atoms with van der Waals surface area (Å²) in [5.41, 5.74) is 0. The van der Waals surface area contributed by atoms with Gasteiger partial charge in [0.15, 0.2) is 0 Å². The lowest BCUT2D eigenvalue weighted by atomic mass is 10.6. The Morgan fingerprint density at radius 2 is 2.08 bits per heavy atom. The van der Waals surface area contributed by atoms with Crippen molar-refractivity contribution in [3.8, 4) is 0 Å². The van der Waals surface area contributed by atoms with Gasteiger partial charge in [0, 0.05) is 6.61 Å². The highest BCUT2D eigenvalue weighted by Gasteiger charge is 1.98. The Morgan fingerprint density at radius 1 is 1.38 bits per heavy atom. The summed E-state index contributed by atoms with van der Waals surface area (Å²) >= 11 is 0. The molecule has 0 fully saturated rings. The van der Waals surface area contributed by atoms with Gasteiger partial charge in [-0.3, -0.25) is 4.79 Å². The molecule has 13 heavy (non-hydrogen) atoms. The van der Waals surface area contributed by atoms with Gasteiger partial charge in [0.05, 0.1) is 19.8 Å². The van der Waals surface area contributed by atoms with E-state index in [0.717, 1.165) is 0 Å². The third-order valence-corrected chi connectivity index (χ3v) is 1.19. The minimum Gasteiger partial charge on any atom is -0.379 e. The molecule has 1 amide bonds. The van der Waals surface area contributed by atoms with Gasteiger partial charge < -0.3 is 19.6 Å². The predicted octanol–water partition coefficient (Wildman–Crippen LogP) is -0.645. The van der Waals surface area contributed by atoms with Crippen molar-refractivity contribution in [2.75, 3.05) is 33.0 Å². The van der Waals surface area contributed by atoms with Gasteiger partial charge in [-0.2, -0.15) is 0 Å². The Labute approximate surface area is 77.4 Å². The van der Waals surface area contributed by atoms with Crippen molar-refractivity contribution in [3.63, 3.8) is 0 Å². The van der Waals surface area contributed by atoms with E-state index in [1.54, 1.807) is 0 Å². The topological polar surface area (TPSA) is 64.6 Å². The van der Waals surface area contributed by atoms with Crippen LogP contribution in [0, 0.1) is 0 Å². The van der Waals surface area contributed by atoms with Crippen LogP contribution >= 0.6 is 0 Å². The zero-order valence-corrected chi connectivity index (χ0v) is 7.75. The molecule has 1 N–H and O–H groups in total. The molecular weight excluding hydrogens is 174 g/mol. The Balaban J connectivity index is 3.12. The van der Waals surface area contributed by atoms with Crippen LogP contribution in [0.15, 0.2) is 0 Å². The first kappa shape index (κ1) is 12.1. The van der Waals surface area contributed by atoms with Crippen molar-refractivity contribution in [1.29, 1.82) is 0 Å². The molecule has 0 unspecified atom stereocenters. The van der Waals surface area contributed by atoms with Crippen LogP contribution in [0.4, 0.5) is 0 Å². The fraction of sp³-hybridized carbons (Fsp3) is 0.750. The molecule has 0 bridgehead atoms. The van der Waals surface area contributed by atoms with Gasteiger partial charge in [0.1, 0.15) is 12.9 Å². The molecule has 0 saturated carbocycles. The third-order valence-electron chi connectivity index (χ3n) is 1.19. The lowest BCUT2D eigenvalue weighted by Gasteiger charge is -2.03. The number of hydrogen-bond acceptors (Lipinski definition) is 4. The molecule has 0 atom stereocenters. The van der Waals surface area contributed by atoms with Gasteiger partial charge in [-0.1, -0.05) is 0 Å². The Kier molecular flexibility index (Phi) is 8.49. The molecule has 0 rings (SSSR count). The van der Waals surface area contributed by atoms with Crippen LogP contribution in [0.1, 0.15) is 6.92 Å². The summed E-state index contributed by atoms with van der Waals surface area (Å²) in [5, 5.41) is 2.35. The van der Waals surface area contributed by atoms with Gasteiger partial charge in [-0.25, -0.2) is 0 Å². The highest BCUT2D eigenvalue weighted by Crippen LogP contribution is 1.78. The molecule has 0 spiro atoms. The normalized spacial score (nSPS) is 9.62. The van der Waals surface area contributed by atoms with E-state index in [-0.39, 0.29) is 19.1 Å². The van der Waals surface area contributed by atoms with E-state index in [1.807, 2.05) is 6.92 Å². The Hall–Kier alpha value is -0.940. The number of rotatable bonds is 8. The summed E-state index contributed by atoms with van der Waals surface area (Å²) in [6, 6.07) is 0. The minimum atomic E-state index is -0.288. The molecule has 0 radical (unpaired) electrons. The van der Waals surface area contributed by atoms with Crippen molar-refractivity contribution in [2.24, 2.45) is 0 Å². The lowest BCUT2D eigenvalue weighted by molar-refractivity contribution is -0.127. The number of ether oxygens (including phenoxy) is 2. The van der Waals surface area contributed by atoms with Crippen molar-refractivity contribution >= 4 is 12.2 Å². The van der Waals surface area contributed by atoms with Gasteiger partial charge >= 0.3 is 0 Å². The second-order valence-corrected chi connectivity index (χ2v) is 2.22. The quantitative estimate of drug-likeness (QED) is 0.407.